The number of aliphatic imine (C=N–C) groups is 1. The highest BCUT2D eigenvalue weighted by atomic mass is 127. The van der Waals surface area contributed by atoms with E-state index in [1.807, 2.05) is 13.8 Å². The molecule has 2 aliphatic heterocycles. The molecule has 0 radical (unpaired) electrons. The minimum absolute atomic E-state index is 0.00711. The Morgan fingerprint density at radius 2 is 1.80 bits per heavy atom. The Kier molecular flexibility index (Phi) is 13.5. The molecule has 4 rings (SSSR count). The quantitative estimate of drug-likeness (QED) is 0.0963. The van der Waals surface area contributed by atoms with Gasteiger partial charge in [0.1, 0.15) is 5.82 Å². The van der Waals surface area contributed by atoms with Crippen LogP contribution in [0.1, 0.15) is 72.5 Å². The summed E-state index contributed by atoms with van der Waals surface area (Å²) in [5.74, 6) is -1.28. The second kappa shape index (κ2) is 17.8. The molecule has 0 bridgehead atoms. The van der Waals surface area contributed by atoms with E-state index in [1.54, 1.807) is 34.1 Å². The van der Waals surface area contributed by atoms with E-state index in [4.69, 9.17) is 16.2 Å². The van der Waals surface area contributed by atoms with Crippen LogP contribution in [0, 0.1) is 0 Å². The molecule has 0 atom stereocenters. The summed E-state index contributed by atoms with van der Waals surface area (Å²) in [4.78, 5) is 78.8. The van der Waals surface area contributed by atoms with E-state index in [-0.39, 0.29) is 48.7 Å². The lowest BCUT2D eigenvalue weighted by Gasteiger charge is -2.38. The first-order chi connectivity index (χ1) is 24.0. The van der Waals surface area contributed by atoms with Crippen LogP contribution in [0.2, 0.25) is 0 Å². The Bertz CT molecular complexity index is 1610. The number of alkyl halides is 1. The Balaban J connectivity index is 1.22. The molecule has 2 aromatic rings. The molecule has 18 heteroatoms. The van der Waals surface area contributed by atoms with E-state index in [2.05, 4.69) is 58.8 Å². The number of nitrogens with zero attached hydrogens (tertiary/aromatic N) is 5. The molecule has 17 nitrogen and oxygen atoms in total. The van der Waals surface area contributed by atoms with Gasteiger partial charge < -0.3 is 47.3 Å². The number of hydrogen-bond donors (Lipinski definition) is 6. The van der Waals surface area contributed by atoms with Crippen LogP contribution in [0.4, 0.5) is 22.1 Å². The molecule has 0 aliphatic carbocycles. The van der Waals surface area contributed by atoms with Gasteiger partial charge in [-0.05, 0) is 43.9 Å². The Hall–Kier alpha value is -4.75. The zero-order valence-corrected chi connectivity index (χ0v) is 30.4. The first-order valence-corrected chi connectivity index (χ1v) is 18.0. The maximum absolute atomic E-state index is 13.4. The van der Waals surface area contributed by atoms with Crippen molar-refractivity contribution in [2.45, 2.75) is 55.9 Å². The van der Waals surface area contributed by atoms with Crippen LogP contribution >= 0.6 is 22.6 Å². The number of carbonyl (C=O) groups is 5. The average molecular weight is 806 g/mol. The van der Waals surface area contributed by atoms with E-state index in [0.717, 1.165) is 12.8 Å². The largest absolute Gasteiger partial charge is 0.456 e. The minimum atomic E-state index is -0.643. The number of guanidine groups is 1. The van der Waals surface area contributed by atoms with Crippen LogP contribution < -0.4 is 32.7 Å². The van der Waals surface area contributed by atoms with Gasteiger partial charge in [-0.1, -0.05) is 42.5 Å². The zero-order valence-electron chi connectivity index (χ0n) is 28.2. The fraction of sp³-hybridized carbons (Fsp3) is 0.500. The highest BCUT2D eigenvalue weighted by molar-refractivity contribution is 14.1. The number of amides is 5. The van der Waals surface area contributed by atoms with E-state index >= 15 is 0 Å². The average Bonchev–Trinajstić information content (AvgIpc) is 3.48. The summed E-state index contributed by atoms with van der Waals surface area (Å²) in [6, 6.07) is 6.04. The molecule has 1 aromatic carbocycles. The summed E-state index contributed by atoms with van der Waals surface area (Å²) in [6.07, 6.45) is 2.74. The number of anilines is 3. The molecule has 0 unspecified atom stereocenters. The van der Waals surface area contributed by atoms with Crippen molar-refractivity contribution in [3.05, 3.63) is 41.2 Å². The predicted octanol–water partition coefficient (Wildman–Crippen LogP) is 1.64. The monoisotopic (exact) mass is 805 g/mol. The molecule has 8 N–H and O–H groups in total. The molecular weight excluding hydrogens is 761 g/mol. The summed E-state index contributed by atoms with van der Waals surface area (Å²) in [5.41, 5.74) is 12.5. The highest BCUT2D eigenvalue weighted by Crippen LogP contribution is 2.26. The van der Waals surface area contributed by atoms with Crippen molar-refractivity contribution in [3.63, 3.8) is 0 Å². The number of aromatic nitrogens is 2. The molecule has 50 heavy (non-hydrogen) atoms. The fourth-order valence-electron chi connectivity index (χ4n) is 5.58. The smallest absolute Gasteiger partial charge is 0.319 e. The Labute approximate surface area is 303 Å². The number of nitrogens with two attached hydrogens (primary N) is 2. The number of benzene rings is 1. The van der Waals surface area contributed by atoms with Crippen LogP contribution in [0.25, 0.3) is 0 Å². The third-order valence-corrected chi connectivity index (χ3v) is 8.95. The molecule has 5 amide bonds. The van der Waals surface area contributed by atoms with Gasteiger partial charge in [0, 0.05) is 54.9 Å². The number of urea groups is 1. The van der Waals surface area contributed by atoms with Gasteiger partial charge in [-0.25, -0.2) is 14.8 Å². The molecule has 3 heterocycles. The van der Waals surface area contributed by atoms with Crippen molar-refractivity contribution in [1.29, 1.82) is 0 Å². The zero-order chi connectivity index (χ0) is 36.3. The van der Waals surface area contributed by atoms with Crippen molar-refractivity contribution in [2.24, 2.45) is 4.99 Å². The van der Waals surface area contributed by atoms with Gasteiger partial charge in [0.25, 0.3) is 11.8 Å². The molecule has 2 saturated heterocycles. The number of piperidine rings is 1. The number of nitrogen functional groups attached to an aromatic ring is 2. The summed E-state index contributed by atoms with van der Waals surface area (Å²) < 4.78 is 5.54. The van der Waals surface area contributed by atoms with Gasteiger partial charge >= 0.3 is 17.9 Å². The second-order valence-electron chi connectivity index (χ2n) is 12.0. The van der Waals surface area contributed by atoms with Crippen molar-refractivity contribution < 1.29 is 28.7 Å². The van der Waals surface area contributed by atoms with Gasteiger partial charge in [-0.15, -0.1) is 0 Å². The summed E-state index contributed by atoms with van der Waals surface area (Å²) in [5, 5.41) is 11.7. The van der Waals surface area contributed by atoms with Crippen molar-refractivity contribution in [3.8, 4) is 0 Å². The van der Waals surface area contributed by atoms with Crippen molar-refractivity contribution in [1.82, 2.24) is 35.7 Å². The van der Waals surface area contributed by atoms with Gasteiger partial charge in [0.05, 0.1) is 17.7 Å². The van der Waals surface area contributed by atoms with Crippen molar-refractivity contribution >= 4 is 75.6 Å². The van der Waals surface area contributed by atoms with Crippen LogP contribution in [0.15, 0.2) is 29.3 Å². The van der Waals surface area contributed by atoms with Crippen LogP contribution in [0.3, 0.4) is 0 Å². The van der Waals surface area contributed by atoms with E-state index in [0.29, 0.717) is 72.9 Å². The van der Waals surface area contributed by atoms with Gasteiger partial charge in [-0.3, -0.25) is 19.2 Å². The molecule has 2 aliphatic rings. The third-order valence-electron chi connectivity index (χ3n) is 8.23. The minimum Gasteiger partial charge on any atom is -0.456 e. The van der Waals surface area contributed by atoms with Crippen LogP contribution in [-0.2, 0) is 18.8 Å². The first kappa shape index (κ1) is 38.1. The van der Waals surface area contributed by atoms with Crippen LogP contribution in [-0.4, -0.2) is 107 Å². The molecule has 0 saturated carbocycles. The third kappa shape index (κ3) is 10.1. The molecule has 2 fully saturated rings. The normalized spacial score (nSPS) is 15.6. The van der Waals surface area contributed by atoms with E-state index in [1.165, 1.54) is 0 Å². The molecular formula is C32H44IN11O6. The van der Waals surface area contributed by atoms with E-state index in [9.17, 15) is 24.0 Å². The Morgan fingerprint density at radius 3 is 2.48 bits per heavy atom. The van der Waals surface area contributed by atoms with Gasteiger partial charge in [0.15, 0.2) is 24.1 Å². The lowest BCUT2D eigenvalue weighted by molar-refractivity contribution is -0.152. The SMILES string of the molecule is CCCN(CCC)C(=O)COC(=O)CCNC(=O)Nc1cccc(C(=O)N2CCC3(CC2)CN/C(=N\C(=O)c2nc(CI)c(N)nc2N)N3)c1. The maximum Gasteiger partial charge on any atom is 0.319 e. The number of nitrogens with one attached hydrogen (secondary N) is 4. The molecule has 1 aromatic heterocycles. The molecule has 1 spiro atoms. The number of halogens is 1. The highest BCUT2D eigenvalue weighted by Gasteiger charge is 2.41. The van der Waals surface area contributed by atoms with Crippen molar-refractivity contribution in [2.75, 3.05) is 62.7 Å². The van der Waals surface area contributed by atoms with E-state index < -0.39 is 23.4 Å². The number of hydrogen-bond acceptors (Lipinski definition) is 10. The Morgan fingerprint density at radius 1 is 1.08 bits per heavy atom. The number of carbonyl (C=O) groups excluding carboxylic acids is 5. The summed E-state index contributed by atoms with van der Waals surface area (Å²) in [7, 11) is 0. The number of ether oxygens (including phenoxy) is 1. The standard InChI is InChI=1S/C32H44IN11O6/c1-3-12-43(13-4-2)23(45)18-50-24(46)8-11-36-31(49)38-21-7-5-6-20(16-21)29(48)44-14-9-32(10-15-44)19-37-30(42-32)41-28(47)25-27(35)40-26(34)22(17-33)39-25/h5-7,16H,3-4,8-15,17-19H2,1-2H3,(H4,34,35,40)(H2,36,38,49)(H2,37,41,42,47). The lowest BCUT2D eigenvalue weighted by Crippen LogP contribution is -2.53. The lowest BCUT2D eigenvalue weighted by atomic mass is 9.88. The number of rotatable bonds is 13. The first-order valence-electron chi connectivity index (χ1n) is 16.5. The summed E-state index contributed by atoms with van der Waals surface area (Å²) in [6.45, 7) is 6.27. The van der Waals surface area contributed by atoms with Crippen LogP contribution in [0.5, 0.6) is 0 Å². The number of esters is 1. The molecule has 270 valence electrons. The second-order valence-corrected chi connectivity index (χ2v) is 12.8. The fourth-order valence-corrected chi connectivity index (χ4v) is 6.14. The van der Waals surface area contributed by atoms with Gasteiger partial charge in [-0.2, -0.15) is 4.99 Å². The summed E-state index contributed by atoms with van der Waals surface area (Å²) >= 11 is 2.07. The van der Waals surface area contributed by atoms with Gasteiger partial charge in [0.2, 0.25) is 0 Å². The topological polar surface area (TPSA) is 239 Å². The predicted molar refractivity (Wildman–Crippen MR) is 196 cm³/mol. The number of likely N-dealkylation sites (tertiary alicyclic amines) is 1. The maximum atomic E-state index is 13.4.